The zero-order chi connectivity index (χ0) is 19.7. The Bertz CT molecular complexity index is 842. The highest BCUT2D eigenvalue weighted by Crippen LogP contribution is 2.35. The molecular formula is C19H22F3N5O. The molecule has 2 aliphatic rings. The molecule has 1 N–H and O–H groups in total. The Hall–Kier alpha value is -2.58. The Morgan fingerprint density at radius 1 is 1.36 bits per heavy atom. The van der Waals surface area contributed by atoms with E-state index in [2.05, 4.69) is 15.4 Å². The fourth-order valence-electron chi connectivity index (χ4n) is 4.20. The molecule has 1 saturated heterocycles. The number of hydrogen-bond acceptors (Lipinski definition) is 4. The highest BCUT2D eigenvalue weighted by Gasteiger charge is 2.38. The molecule has 0 spiro atoms. The smallest absolute Gasteiger partial charge is 0.260 e. The lowest BCUT2D eigenvalue weighted by atomic mass is 9.86. The minimum absolute atomic E-state index is 0.0527. The summed E-state index contributed by atoms with van der Waals surface area (Å²) in [6.45, 7) is 1.13. The molecule has 1 aromatic heterocycles. The van der Waals surface area contributed by atoms with Gasteiger partial charge in [-0.3, -0.25) is 4.79 Å². The van der Waals surface area contributed by atoms with E-state index < -0.39 is 12.5 Å². The van der Waals surface area contributed by atoms with Gasteiger partial charge in [-0.2, -0.15) is 10.1 Å². The molecular weight excluding hydrogens is 371 g/mol. The highest BCUT2D eigenvalue weighted by atomic mass is 19.3. The van der Waals surface area contributed by atoms with Crippen LogP contribution in [0.2, 0.25) is 0 Å². The summed E-state index contributed by atoms with van der Waals surface area (Å²) in [5.74, 6) is -0.0308. The predicted molar refractivity (Wildman–Crippen MR) is 96.5 cm³/mol. The van der Waals surface area contributed by atoms with E-state index in [1.807, 2.05) is 0 Å². The number of anilines is 1. The molecule has 6 nitrogen and oxygen atoms in total. The van der Waals surface area contributed by atoms with Crippen molar-refractivity contribution in [3.8, 4) is 0 Å². The van der Waals surface area contributed by atoms with Crippen molar-refractivity contribution in [2.45, 2.75) is 44.2 Å². The van der Waals surface area contributed by atoms with Crippen LogP contribution in [0.25, 0.3) is 0 Å². The van der Waals surface area contributed by atoms with Crippen molar-refractivity contribution in [1.82, 2.24) is 19.7 Å². The molecule has 2 aliphatic heterocycles. The van der Waals surface area contributed by atoms with Gasteiger partial charge in [-0.1, -0.05) is 12.1 Å². The third-order valence-corrected chi connectivity index (χ3v) is 5.61. The van der Waals surface area contributed by atoms with Crippen LogP contribution in [0.4, 0.5) is 19.1 Å². The van der Waals surface area contributed by atoms with Crippen LogP contribution in [0.1, 0.15) is 30.9 Å². The van der Waals surface area contributed by atoms with Crippen molar-refractivity contribution < 1.29 is 18.0 Å². The lowest BCUT2D eigenvalue weighted by Gasteiger charge is -2.40. The SMILES string of the molecule is O=C(Cc1cccc(F)c1)N1CCC[C@H]([C@@H]2C[C@H](C(F)F)n3ncnc3N2)C1. The summed E-state index contributed by atoms with van der Waals surface area (Å²) in [4.78, 5) is 18.5. The van der Waals surface area contributed by atoms with E-state index >= 15 is 0 Å². The topological polar surface area (TPSA) is 63.1 Å². The van der Waals surface area contributed by atoms with Gasteiger partial charge in [0.15, 0.2) is 0 Å². The average molecular weight is 393 g/mol. The molecule has 0 unspecified atom stereocenters. The van der Waals surface area contributed by atoms with Gasteiger partial charge in [0.2, 0.25) is 11.9 Å². The number of alkyl halides is 2. The second-order valence-electron chi connectivity index (χ2n) is 7.47. The summed E-state index contributed by atoms with van der Waals surface area (Å²) in [5, 5.41) is 7.12. The number of carbonyl (C=O) groups excluding carboxylic acids is 1. The molecule has 0 saturated carbocycles. The van der Waals surface area contributed by atoms with Crippen LogP contribution in [-0.4, -0.2) is 51.1 Å². The first-order chi connectivity index (χ1) is 13.5. The van der Waals surface area contributed by atoms with E-state index in [1.165, 1.54) is 23.1 Å². The monoisotopic (exact) mass is 393 g/mol. The first kappa shape index (κ1) is 18.8. The molecule has 3 heterocycles. The maximum atomic E-state index is 13.5. The number of fused-ring (bicyclic) bond motifs is 1. The van der Waals surface area contributed by atoms with Crippen molar-refractivity contribution >= 4 is 11.9 Å². The minimum Gasteiger partial charge on any atom is -0.351 e. The van der Waals surface area contributed by atoms with Crippen molar-refractivity contribution in [3.63, 3.8) is 0 Å². The fraction of sp³-hybridized carbons (Fsp3) is 0.526. The minimum atomic E-state index is -2.53. The molecule has 1 aromatic carbocycles. The van der Waals surface area contributed by atoms with Gasteiger partial charge in [0, 0.05) is 19.1 Å². The highest BCUT2D eigenvalue weighted by molar-refractivity contribution is 5.78. The maximum Gasteiger partial charge on any atom is 0.260 e. The van der Waals surface area contributed by atoms with Crippen molar-refractivity contribution in [3.05, 3.63) is 42.0 Å². The quantitative estimate of drug-likeness (QED) is 0.868. The molecule has 28 heavy (non-hydrogen) atoms. The number of benzene rings is 1. The zero-order valence-corrected chi connectivity index (χ0v) is 15.3. The average Bonchev–Trinajstić information content (AvgIpc) is 3.16. The van der Waals surface area contributed by atoms with E-state index in [9.17, 15) is 18.0 Å². The van der Waals surface area contributed by atoms with Crippen LogP contribution in [-0.2, 0) is 11.2 Å². The van der Waals surface area contributed by atoms with Gasteiger partial charge in [-0.15, -0.1) is 0 Å². The summed E-state index contributed by atoms with van der Waals surface area (Å²) in [7, 11) is 0. The molecule has 1 amide bonds. The van der Waals surface area contributed by atoms with E-state index in [0.717, 1.165) is 12.8 Å². The number of piperidine rings is 1. The third-order valence-electron chi connectivity index (χ3n) is 5.61. The van der Waals surface area contributed by atoms with Gasteiger partial charge in [-0.25, -0.2) is 17.9 Å². The van der Waals surface area contributed by atoms with Crippen LogP contribution >= 0.6 is 0 Å². The third kappa shape index (κ3) is 3.83. The fourth-order valence-corrected chi connectivity index (χ4v) is 4.20. The Balaban J connectivity index is 1.43. The Kier molecular flexibility index (Phi) is 5.23. The summed E-state index contributed by atoms with van der Waals surface area (Å²) in [6, 6.07) is 4.82. The summed E-state index contributed by atoms with van der Waals surface area (Å²) in [6.07, 6.45) is 0.783. The number of nitrogens with zero attached hydrogens (tertiary/aromatic N) is 4. The van der Waals surface area contributed by atoms with Gasteiger partial charge in [-0.05, 0) is 42.9 Å². The molecule has 0 radical (unpaired) electrons. The second-order valence-corrected chi connectivity index (χ2v) is 7.47. The molecule has 2 aromatic rings. The number of aromatic nitrogens is 3. The lowest BCUT2D eigenvalue weighted by molar-refractivity contribution is -0.132. The first-order valence-electron chi connectivity index (χ1n) is 9.47. The molecule has 3 atom stereocenters. The lowest BCUT2D eigenvalue weighted by Crippen LogP contribution is -2.48. The first-order valence-corrected chi connectivity index (χ1v) is 9.47. The zero-order valence-electron chi connectivity index (χ0n) is 15.3. The standard InChI is InChI=1S/C19H22F3N5O/c20-14-5-1-3-12(7-14)8-17(28)26-6-2-4-13(10-26)15-9-16(18(21)22)27-19(25-15)23-11-24-27/h1,3,5,7,11,13,15-16,18H,2,4,6,8-10H2,(H,23,24,25)/t13-,15-,16+/m0/s1. The number of halogens is 3. The summed E-state index contributed by atoms with van der Waals surface area (Å²) < 4.78 is 41.6. The number of hydrogen-bond donors (Lipinski definition) is 1. The van der Waals surface area contributed by atoms with Gasteiger partial charge >= 0.3 is 0 Å². The molecule has 0 aliphatic carbocycles. The van der Waals surface area contributed by atoms with E-state index in [4.69, 9.17) is 0 Å². The molecule has 1 fully saturated rings. The number of rotatable bonds is 4. The summed E-state index contributed by atoms with van der Waals surface area (Å²) in [5.41, 5.74) is 0.633. The Labute approximate surface area is 160 Å². The van der Waals surface area contributed by atoms with Crippen LogP contribution in [0.15, 0.2) is 30.6 Å². The maximum absolute atomic E-state index is 13.5. The van der Waals surface area contributed by atoms with Crippen LogP contribution in [0.5, 0.6) is 0 Å². The van der Waals surface area contributed by atoms with Crippen LogP contribution < -0.4 is 5.32 Å². The van der Waals surface area contributed by atoms with E-state index in [1.54, 1.807) is 17.0 Å². The van der Waals surface area contributed by atoms with Crippen molar-refractivity contribution in [1.29, 1.82) is 0 Å². The van der Waals surface area contributed by atoms with Gasteiger partial charge in [0.1, 0.15) is 18.2 Å². The molecule has 9 heteroatoms. The second kappa shape index (κ2) is 7.81. The van der Waals surface area contributed by atoms with Crippen molar-refractivity contribution in [2.75, 3.05) is 18.4 Å². The van der Waals surface area contributed by atoms with E-state index in [0.29, 0.717) is 24.6 Å². The largest absolute Gasteiger partial charge is 0.351 e. The molecule has 0 bridgehead atoms. The van der Waals surface area contributed by atoms with Crippen LogP contribution in [0.3, 0.4) is 0 Å². The van der Waals surface area contributed by atoms with Gasteiger partial charge in [0.05, 0.1) is 6.42 Å². The predicted octanol–water partition coefficient (Wildman–Crippen LogP) is 2.89. The Morgan fingerprint density at radius 2 is 2.21 bits per heavy atom. The summed E-state index contributed by atoms with van der Waals surface area (Å²) >= 11 is 0. The molecule has 4 rings (SSSR count). The number of nitrogens with one attached hydrogen (secondary N) is 1. The molecule has 150 valence electrons. The number of carbonyl (C=O) groups is 1. The number of likely N-dealkylation sites (tertiary alicyclic amines) is 1. The normalized spacial score (nSPS) is 24.7. The van der Waals surface area contributed by atoms with Crippen molar-refractivity contribution in [2.24, 2.45) is 5.92 Å². The Morgan fingerprint density at radius 3 is 3.00 bits per heavy atom. The van der Waals surface area contributed by atoms with Gasteiger partial charge in [0.25, 0.3) is 6.43 Å². The van der Waals surface area contributed by atoms with E-state index in [-0.39, 0.29) is 36.5 Å². The van der Waals surface area contributed by atoms with Gasteiger partial charge < -0.3 is 10.2 Å². The number of amides is 1. The van der Waals surface area contributed by atoms with Crippen LogP contribution in [0, 0.1) is 11.7 Å².